The van der Waals surface area contributed by atoms with Crippen molar-refractivity contribution in [3.63, 3.8) is 0 Å². The maximum Gasteiger partial charge on any atom is 0.243 e. The first-order valence-electron chi connectivity index (χ1n) is 8.81. The Kier molecular flexibility index (Phi) is 9.58. The zero-order chi connectivity index (χ0) is 17.8. The normalized spacial score (nSPS) is 12.6. The molecule has 1 aromatic carbocycles. The number of hydrogen-bond acceptors (Lipinski definition) is 2. The molecule has 24 heavy (non-hydrogen) atoms. The van der Waals surface area contributed by atoms with Gasteiger partial charge in [-0.1, -0.05) is 43.7 Å². The molecule has 0 aliphatic carbocycles. The minimum Gasteiger partial charge on any atom is -0.356 e. The summed E-state index contributed by atoms with van der Waals surface area (Å²) in [6.45, 7) is 5.33. The predicted molar refractivity (Wildman–Crippen MR) is 101 cm³/mol. The Hall–Kier alpha value is -2.04. The van der Waals surface area contributed by atoms with E-state index in [2.05, 4.69) is 53.7 Å². The Morgan fingerprint density at radius 3 is 2.58 bits per heavy atom. The van der Waals surface area contributed by atoms with Crippen molar-refractivity contribution >= 4 is 11.9 Å². The monoisotopic (exact) mass is 332 g/mol. The van der Waals surface area contributed by atoms with Crippen LogP contribution in [0.25, 0.3) is 0 Å². The molecule has 0 spiro atoms. The largest absolute Gasteiger partial charge is 0.356 e. The second-order valence-corrected chi connectivity index (χ2v) is 6.30. The Labute approximate surface area is 146 Å². The van der Waals surface area contributed by atoms with Crippen LogP contribution in [-0.2, 0) is 11.2 Å². The molecule has 1 aromatic rings. The smallest absolute Gasteiger partial charge is 0.243 e. The highest BCUT2D eigenvalue weighted by atomic mass is 16.2. The van der Waals surface area contributed by atoms with Gasteiger partial charge in [-0.05, 0) is 31.7 Å². The number of likely N-dealkylation sites (N-methyl/N-ethyl adjacent to an activating group) is 1. The van der Waals surface area contributed by atoms with Crippen LogP contribution in [0.1, 0.15) is 38.7 Å². The van der Waals surface area contributed by atoms with Gasteiger partial charge in [0, 0.05) is 26.7 Å². The summed E-state index contributed by atoms with van der Waals surface area (Å²) in [5, 5.41) is 6.72. The predicted octanol–water partition coefficient (Wildman–Crippen LogP) is 2.43. The number of rotatable bonds is 9. The van der Waals surface area contributed by atoms with Crippen molar-refractivity contribution in [1.82, 2.24) is 15.5 Å². The number of benzene rings is 1. The van der Waals surface area contributed by atoms with Crippen molar-refractivity contribution in [2.45, 2.75) is 45.6 Å². The summed E-state index contributed by atoms with van der Waals surface area (Å²) in [5.74, 6) is 0.725. The molecule has 5 nitrogen and oxygen atoms in total. The molecule has 0 aliphatic heterocycles. The highest BCUT2D eigenvalue weighted by molar-refractivity contribution is 5.84. The van der Waals surface area contributed by atoms with Crippen molar-refractivity contribution in [3.05, 3.63) is 35.9 Å². The minimum atomic E-state index is 0.00327. The average molecular weight is 332 g/mol. The van der Waals surface area contributed by atoms with Crippen LogP contribution in [0, 0.1) is 0 Å². The van der Waals surface area contributed by atoms with Crippen LogP contribution in [0.3, 0.4) is 0 Å². The minimum absolute atomic E-state index is 0.00327. The number of nitrogens with one attached hydrogen (secondary N) is 2. The zero-order valence-electron chi connectivity index (χ0n) is 15.5. The number of guanidine groups is 1. The SMILES string of the molecule is CCCCNC(=NCC(=O)N(C)C)NC(C)CCc1ccccc1. The van der Waals surface area contributed by atoms with Crippen LogP contribution >= 0.6 is 0 Å². The van der Waals surface area contributed by atoms with E-state index in [0.717, 1.165) is 38.2 Å². The van der Waals surface area contributed by atoms with Crippen molar-refractivity contribution < 1.29 is 4.79 Å². The number of hydrogen-bond donors (Lipinski definition) is 2. The van der Waals surface area contributed by atoms with Crippen LogP contribution in [0.4, 0.5) is 0 Å². The van der Waals surface area contributed by atoms with E-state index in [1.165, 1.54) is 5.56 Å². The lowest BCUT2D eigenvalue weighted by atomic mass is 10.1. The van der Waals surface area contributed by atoms with Gasteiger partial charge in [0.1, 0.15) is 6.54 Å². The summed E-state index contributed by atoms with van der Waals surface area (Å²) in [5.41, 5.74) is 1.34. The molecule has 0 bridgehead atoms. The molecule has 0 saturated heterocycles. The van der Waals surface area contributed by atoms with E-state index in [9.17, 15) is 4.79 Å². The zero-order valence-corrected chi connectivity index (χ0v) is 15.5. The first-order chi connectivity index (χ1) is 11.5. The molecular weight excluding hydrogens is 300 g/mol. The molecule has 0 heterocycles. The molecule has 134 valence electrons. The summed E-state index contributed by atoms with van der Waals surface area (Å²) in [6, 6.07) is 10.8. The van der Waals surface area contributed by atoms with Gasteiger partial charge in [-0.15, -0.1) is 0 Å². The van der Waals surface area contributed by atoms with E-state index in [-0.39, 0.29) is 18.5 Å². The summed E-state index contributed by atoms with van der Waals surface area (Å²) < 4.78 is 0. The molecule has 1 atom stereocenters. The van der Waals surface area contributed by atoms with Crippen molar-refractivity contribution in [2.24, 2.45) is 4.99 Å². The Balaban J connectivity index is 2.51. The molecule has 0 radical (unpaired) electrons. The number of carbonyl (C=O) groups is 1. The van der Waals surface area contributed by atoms with Gasteiger partial charge in [0.15, 0.2) is 5.96 Å². The van der Waals surface area contributed by atoms with Gasteiger partial charge in [-0.25, -0.2) is 4.99 Å². The van der Waals surface area contributed by atoms with E-state index in [1.54, 1.807) is 19.0 Å². The third kappa shape index (κ3) is 8.56. The van der Waals surface area contributed by atoms with E-state index in [0.29, 0.717) is 0 Å². The maximum atomic E-state index is 11.7. The molecular formula is C19H32N4O. The first kappa shape index (κ1) is 20.0. The van der Waals surface area contributed by atoms with Crippen molar-refractivity contribution in [3.8, 4) is 0 Å². The number of carbonyl (C=O) groups excluding carboxylic acids is 1. The molecule has 5 heteroatoms. The standard InChI is InChI=1S/C19H32N4O/c1-5-6-14-20-19(21-15-18(24)23(3)4)22-16(2)12-13-17-10-8-7-9-11-17/h7-11,16H,5-6,12-15H2,1-4H3,(H2,20,21,22). The van der Waals surface area contributed by atoms with Gasteiger partial charge in [-0.2, -0.15) is 0 Å². The van der Waals surface area contributed by atoms with Crippen molar-refractivity contribution in [2.75, 3.05) is 27.2 Å². The second-order valence-electron chi connectivity index (χ2n) is 6.30. The van der Waals surface area contributed by atoms with Gasteiger partial charge in [0.2, 0.25) is 5.91 Å². The van der Waals surface area contributed by atoms with E-state index >= 15 is 0 Å². The summed E-state index contributed by atoms with van der Waals surface area (Å²) >= 11 is 0. The summed E-state index contributed by atoms with van der Waals surface area (Å²) in [7, 11) is 3.50. The molecule has 1 unspecified atom stereocenters. The van der Waals surface area contributed by atoms with Gasteiger partial charge in [-0.3, -0.25) is 4.79 Å². The van der Waals surface area contributed by atoms with Crippen LogP contribution < -0.4 is 10.6 Å². The molecule has 1 amide bonds. The Morgan fingerprint density at radius 1 is 1.25 bits per heavy atom. The number of amides is 1. The molecule has 1 rings (SSSR count). The molecule has 0 saturated carbocycles. The molecule has 0 aromatic heterocycles. The Bertz CT molecular complexity index is 499. The summed E-state index contributed by atoms with van der Waals surface area (Å²) in [4.78, 5) is 17.7. The lowest BCUT2D eigenvalue weighted by molar-refractivity contribution is -0.127. The topological polar surface area (TPSA) is 56.7 Å². The van der Waals surface area contributed by atoms with E-state index in [4.69, 9.17) is 0 Å². The summed E-state index contributed by atoms with van der Waals surface area (Å²) in [6.07, 6.45) is 4.25. The van der Waals surface area contributed by atoms with Gasteiger partial charge in [0.05, 0.1) is 0 Å². The molecule has 2 N–H and O–H groups in total. The van der Waals surface area contributed by atoms with Crippen LogP contribution in [0.5, 0.6) is 0 Å². The third-order valence-corrected chi connectivity index (χ3v) is 3.79. The lowest BCUT2D eigenvalue weighted by Crippen LogP contribution is -2.43. The second kappa shape index (κ2) is 11.5. The van der Waals surface area contributed by atoms with Gasteiger partial charge < -0.3 is 15.5 Å². The lowest BCUT2D eigenvalue weighted by Gasteiger charge is -2.19. The van der Waals surface area contributed by atoms with E-state index in [1.807, 2.05) is 6.07 Å². The molecule has 0 fully saturated rings. The Morgan fingerprint density at radius 2 is 1.96 bits per heavy atom. The number of aliphatic imine (C=N–C) groups is 1. The third-order valence-electron chi connectivity index (χ3n) is 3.79. The van der Waals surface area contributed by atoms with Gasteiger partial charge in [0.25, 0.3) is 0 Å². The first-order valence-corrected chi connectivity index (χ1v) is 8.81. The number of nitrogens with zero attached hydrogens (tertiary/aromatic N) is 2. The fourth-order valence-electron chi connectivity index (χ4n) is 2.16. The fraction of sp³-hybridized carbons (Fsp3) is 0.579. The maximum absolute atomic E-state index is 11.7. The average Bonchev–Trinajstić information content (AvgIpc) is 2.58. The van der Waals surface area contributed by atoms with Crippen LogP contribution in [0.15, 0.2) is 35.3 Å². The highest BCUT2D eigenvalue weighted by Crippen LogP contribution is 2.04. The van der Waals surface area contributed by atoms with E-state index < -0.39 is 0 Å². The van der Waals surface area contributed by atoms with Crippen LogP contribution in [0.2, 0.25) is 0 Å². The number of unbranched alkanes of at least 4 members (excludes halogenated alkanes) is 1. The highest BCUT2D eigenvalue weighted by Gasteiger charge is 2.08. The van der Waals surface area contributed by atoms with Gasteiger partial charge >= 0.3 is 0 Å². The van der Waals surface area contributed by atoms with Crippen molar-refractivity contribution in [1.29, 1.82) is 0 Å². The quantitative estimate of drug-likeness (QED) is 0.415. The number of aryl methyl sites for hydroxylation is 1. The fourth-order valence-corrected chi connectivity index (χ4v) is 2.16. The molecule has 0 aliphatic rings. The van der Waals surface area contributed by atoms with Crippen LogP contribution in [-0.4, -0.2) is 50.0 Å².